The lowest BCUT2D eigenvalue weighted by Gasteiger charge is -2.34. The number of aromatic nitrogens is 2. The fourth-order valence-corrected chi connectivity index (χ4v) is 3.84. The van der Waals surface area contributed by atoms with Gasteiger partial charge < -0.3 is 5.32 Å². The zero-order chi connectivity index (χ0) is 11.7. The highest BCUT2D eigenvalue weighted by Gasteiger charge is 2.35. The van der Waals surface area contributed by atoms with E-state index in [4.69, 9.17) is 4.98 Å². The fourth-order valence-electron chi connectivity index (χ4n) is 2.62. The third kappa shape index (κ3) is 1.85. The number of nitrogens with one attached hydrogen (secondary N) is 1. The lowest BCUT2D eigenvalue weighted by Crippen LogP contribution is -2.39. The van der Waals surface area contributed by atoms with Gasteiger partial charge in [0.1, 0.15) is 15.4 Å². The van der Waals surface area contributed by atoms with E-state index in [2.05, 4.69) is 23.3 Å². The molecule has 0 aliphatic carbocycles. The van der Waals surface area contributed by atoms with Gasteiger partial charge in [0.05, 0.1) is 0 Å². The minimum Gasteiger partial charge on any atom is -0.317 e. The predicted molar refractivity (Wildman–Crippen MR) is 71.5 cm³/mol. The van der Waals surface area contributed by atoms with E-state index in [-0.39, 0.29) is 5.41 Å². The first-order valence-electron chi connectivity index (χ1n) is 6.27. The quantitative estimate of drug-likeness (QED) is 0.886. The molecule has 3 rings (SSSR count). The van der Waals surface area contributed by atoms with Gasteiger partial charge in [-0.05, 0) is 44.5 Å². The van der Waals surface area contributed by atoms with Crippen molar-refractivity contribution in [1.82, 2.24) is 15.3 Å². The summed E-state index contributed by atoms with van der Waals surface area (Å²) >= 11 is 1.78. The maximum absolute atomic E-state index is 4.81. The second kappa shape index (κ2) is 4.35. The van der Waals surface area contributed by atoms with Crippen molar-refractivity contribution in [1.29, 1.82) is 0 Å². The second-order valence-corrected chi connectivity index (χ2v) is 5.71. The molecule has 0 radical (unpaired) electrons. The Bertz CT molecular complexity index is 481. The maximum Gasteiger partial charge on any atom is 0.143 e. The van der Waals surface area contributed by atoms with Crippen LogP contribution >= 0.6 is 11.3 Å². The summed E-state index contributed by atoms with van der Waals surface area (Å²) in [5.74, 6) is 0. The van der Waals surface area contributed by atoms with Crippen LogP contribution in [-0.2, 0) is 5.41 Å². The number of fused-ring (bicyclic) bond motifs is 1. The summed E-state index contributed by atoms with van der Waals surface area (Å²) in [5, 5.41) is 4.73. The van der Waals surface area contributed by atoms with Crippen LogP contribution in [-0.4, -0.2) is 23.1 Å². The van der Waals surface area contributed by atoms with E-state index >= 15 is 0 Å². The summed E-state index contributed by atoms with van der Waals surface area (Å²) in [4.78, 5) is 10.3. The highest BCUT2D eigenvalue weighted by molar-refractivity contribution is 7.18. The smallest absolute Gasteiger partial charge is 0.143 e. The average molecular weight is 247 g/mol. The van der Waals surface area contributed by atoms with Crippen LogP contribution in [0.3, 0.4) is 0 Å². The Hall–Kier alpha value is -1.00. The molecule has 1 aliphatic heterocycles. The van der Waals surface area contributed by atoms with Crippen molar-refractivity contribution in [3.63, 3.8) is 0 Å². The van der Waals surface area contributed by atoms with E-state index < -0.39 is 0 Å². The van der Waals surface area contributed by atoms with Crippen LogP contribution in [0.25, 0.3) is 10.3 Å². The molecule has 17 heavy (non-hydrogen) atoms. The molecular weight excluding hydrogens is 230 g/mol. The summed E-state index contributed by atoms with van der Waals surface area (Å²) in [6.07, 6.45) is 5.42. The monoisotopic (exact) mass is 247 g/mol. The number of hydrogen-bond donors (Lipinski definition) is 1. The average Bonchev–Trinajstić information content (AvgIpc) is 2.84. The summed E-state index contributed by atoms with van der Waals surface area (Å²) < 4.78 is 0. The van der Waals surface area contributed by atoms with Gasteiger partial charge in [0.25, 0.3) is 0 Å². The lowest BCUT2D eigenvalue weighted by atomic mass is 9.77. The van der Waals surface area contributed by atoms with Crippen molar-refractivity contribution in [2.24, 2.45) is 0 Å². The van der Waals surface area contributed by atoms with Crippen molar-refractivity contribution in [3.8, 4) is 0 Å². The summed E-state index contributed by atoms with van der Waals surface area (Å²) in [5.41, 5.74) is 1.34. The van der Waals surface area contributed by atoms with Crippen molar-refractivity contribution < 1.29 is 0 Å². The first-order valence-corrected chi connectivity index (χ1v) is 7.08. The zero-order valence-corrected chi connectivity index (χ0v) is 10.9. The molecule has 0 aromatic carbocycles. The van der Waals surface area contributed by atoms with E-state index in [1.165, 1.54) is 24.3 Å². The standard InChI is InChI=1S/C13H17N3S/c1-2-13(5-8-14-9-6-13)12-16-10-4-3-7-15-11(10)17-12/h3-4,7,14H,2,5-6,8-9H2,1H3. The molecule has 0 amide bonds. The van der Waals surface area contributed by atoms with Crippen LogP contribution in [0.15, 0.2) is 18.3 Å². The molecule has 90 valence electrons. The molecule has 3 heterocycles. The molecule has 0 unspecified atom stereocenters. The van der Waals surface area contributed by atoms with Crippen LogP contribution in [0.4, 0.5) is 0 Å². The molecule has 1 N–H and O–H groups in total. The molecule has 1 aliphatic rings. The number of thiazole rings is 1. The van der Waals surface area contributed by atoms with E-state index in [9.17, 15) is 0 Å². The lowest BCUT2D eigenvalue weighted by molar-refractivity contribution is 0.297. The van der Waals surface area contributed by atoms with Crippen LogP contribution in [0, 0.1) is 0 Å². The summed E-state index contributed by atoms with van der Waals surface area (Å²) in [7, 11) is 0. The van der Waals surface area contributed by atoms with Gasteiger partial charge in [-0.2, -0.15) is 0 Å². The normalized spacial score (nSPS) is 19.6. The number of pyridine rings is 1. The maximum atomic E-state index is 4.81. The molecule has 2 aromatic rings. The third-order valence-corrected chi connectivity index (χ3v) is 5.08. The van der Waals surface area contributed by atoms with Crippen LogP contribution in [0.5, 0.6) is 0 Å². The first kappa shape index (κ1) is 11.1. The largest absolute Gasteiger partial charge is 0.317 e. The Morgan fingerprint density at radius 3 is 2.94 bits per heavy atom. The van der Waals surface area contributed by atoms with Gasteiger partial charge in [0.15, 0.2) is 0 Å². The van der Waals surface area contributed by atoms with Crippen LogP contribution in [0.2, 0.25) is 0 Å². The van der Waals surface area contributed by atoms with Gasteiger partial charge in [-0.1, -0.05) is 18.3 Å². The van der Waals surface area contributed by atoms with Crippen LogP contribution < -0.4 is 5.32 Å². The molecule has 0 atom stereocenters. The Kier molecular flexibility index (Phi) is 2.84. The molecule has 0 spiro atoms. The van der Waals surface area contributed by atoms with Crippen molar-refractivity contribution in [2.75, 3.05) is 13.1 Å². The molecule has 3 nitrogen and oxygen atoms in total. The third-order valence-electron chi connectivity index (χ3n) is 3.86. The fraction of sp³-hybridized carbons (Fsp3) is 0.538. The van der Waals surface area contributed by atoms with Crippen LogP contribution in [0.1, 0.15) is 31.2 Å². The van der Waals surface area contributed by atoms with Gasteiger partial charge in [0, 0.05) is 11.6 Å². The molecule has 2 aromatic heterocycles. The van der Waals surface area contributed by atoms with Gasteiger partial charge in [0.2, 0.25) is 0 Å². The van der Waals surface area contributed by atoms with Gasteiger partial charge >= 0.3 is 0 Å². The molecule has 1 fully saturated rings. The Balaban J connectivity index is 2.05. The van der Waals surface area contributed by atoms with Crippen molar-refractivity contribution in [2.45, 2.75) is 31.6 Å². The topological polar surface area (TPSA) is 37.8 Å². The molecule has 0 bridgehead atoms. The molecule has 4 heteroatoms. The van der Waals surface area contributed by atoms with E-state index in [1.807, 2.05) is 12.3 Å². The Morgan fingerprint density at radius 1 is 1.41 bits per heavy atom. The first-order chi connectivity index (χ1) is 8.34. The highest BCUT2D eigenvalue weighted by atomic mass is 32.1. The number of rotatable bonds is 2. The minimum atomic E-state index is 0.288. The second-order valence-electron chi connectivity index (χ2n) is 4.73. The number of hydrogen-bond acceptors (Lipinski definition) is 4. The molecule has 1 saturated heterocycles. The van der Waals surface area contributed by atoms with Gasteiger partial charge in [-0.15, -0.1) is 0 Å². The SMILES string of the molecule is CCC1(c2nc3cccnc3s2)CCNCC1. The van der Waals surface area contributed by atoms with Crippen molar-refractivity contribution in [3.05, 3.63) is 23.3 Å². The van der Waals surface area contributed by atoms with E-state index in [0.29, 0.717) is 0 Å². The van der Waals surface area contributed by atoms with Crippen molar-refractivity contribution >= 4 is 21.7 Å². The van der Waals surface area contributed by atoms with E-state index in [1.54, 1.807) is 11.3 Å². The molecule has 0 saturated carbocycles. The zero-order valence-electron chi connectivity index (χ0n) is 10.1. The van der Waals surface area contributed by atoms with Gasteiger partial charge in [-0.25, -0.2) is 9.97 Å². The predicted octanol–water partition coefficient (Wildman–Crippen LogP) is 2.72. The highest BCUT2D eigenvalue weighted by Crippen LogP contribution is 2.39. The Labute approximate surface area is 105 Å². The number of piperidine rings is 1. The number of nitrogens with zero attached hydrogens (tertiary/aromatic N) is 2. The Morgan fingerprint density at radius 2 is 2.24 bits per heavy atom. The minimum absolute atomic E-state index is 0.288. The van der Waals surface area contributed by atoms with Gasteiger partial charge in [-0.3, -0.25) is 0 Å². The summed E-state index contributed by atoms with van der Waals surface area (Å²) in [6, 6.07) is 4.03. The van der Waals surface area contributed by atoms with E-state index in [0.717, 1.165) is 23.4 Å². The summed E-state index contributed by atoms with van der Waals surface area (Å²) in [6.45, 7) is 4.50. The molecular formula is C13H17N3S.